The molecule has 144 valence electrons. The minimum Gasteiger partial charge on any atom is -0.433 e. The van der Waals surface area contributed by atoms with E-state index in [2.05, 4.69) is 20.3 Å². The summed E-state index contributed by atoms with van der Waals surface area (Å²) in [7, 11) is 0. The van der Waals surface area contributed by atoms with Crippen molar-refractivity contribution in [3.63, 3.8) is 0 Å². The fourth-order valence-electron chi connectivity index (χ4n) is 3.17. The average Bonchev–Trinajstić information content (AvgIpc) is 2.68. The van der Waals surface area contributed by atoms with Gasteiger partial charge in [-0.25, -0.2) is 0 Å². The van der Waals surface area contributed by atoms with Gasteiger partial charge in [-0.1, -0.05) is 24.3 Å². The lowest BCUT2D eigenvalue weighted by atomic mass is 10.1. The molecule has 1 amide bonds. The summed E-state index contributed by atoms with van der Waals surface area (Å²) in [4.78, 5) is 14.6. The number of benzene rings is 2. The van der Waals surface area contributed by atoms with Crippen molar-refractivity contribution in [2.75, 3.05) is 35.2 Å². The van der Waals surface area contributed by atoms with E-state index in [9.17, 15) is 13.6 Å². The summed E-state index contributed by atoms with van der Waals surface area (Å²) < 4.78 is 29.4. The molecule has 2 aromatic rings. The molecule has 0 radical (unpaired) electrons. The number of para-hydroxylation sites is 4. The highest BCUT2D eigenvalue weighted by Crippen LogP contribution is 2.28. The van der Waals surface area contributed by atoms with Gasteiger partial charge in [-0.05, 0) is 43.5 Å². The van der Waals surface area contributed by atoms with Crippen molar-refractivity contribution in [2.24, 2.45) is 0 Å². The van der Waals surface area contributed by atoms with E-state index in [0.717, 1.165) is 37.3 Å². The zero-order valence-electron chi connectivity index (χ0n) is 15.0. The number of piperidine rings is 1. The lowest BCUT2D eigenvalue weighted by Crippen LogP contribution is -2.30. The molecular weight excluding hydrogens is 352 g/mol. The minimum absolute atomic E-state index is 0.0217. The van der Waals surface area contributed by atoms with Gasteiger partial charge in [0.25, 0.3) is 0 Å². The van der Waals surface area contributed by atoms with Gasteiger partial charge in [-0.3, -0.25) is 4.79 Å². The van der Waals surface area contributed by atoms with Gasteiger partial charge in [-0.2, -0.15) is 8.78 Å². The fraction of sp³-hybridized carbons (Fsp3) is 0.350. The molecule has 1 saturated heterocycles. The first-order chi connectivity index (χ1) is 13.1. The third-order valence-corrected chi connectivity index (χ3v) is 4.42. The Hall–Kier alpha value is -2.83. The molecule has 27 heavy (non-hydrogen) atoms. The summed E-state index contributed by atoms with van der Waals surface area (Å²) in [5, 5.41) is 5.76. The van der Waals surface area contributed by atoms with Crippen LogP contribution in [0.1, 0.15) is 19.3 Å². The Kier molecular flexibility index (Phi) is 6.46. The summed E-state index contributed by atoms with van der Waals surface area (Å²) in [6.07, 6.45) is 3.57. The predicted molar refractivity (Wildman–Crippen MR) is 103 cm³/mol. The highest BCUT2D eigenvalue weighted by molar-refractivity contribution is 5.95. The zero-order valence-corrected chi connectivity index (χ0v) is 15.0. The highest BCUT2D eigenvalue weighted by Gasteiger charge is 2.15. The van der Waals surface area contributed by atoms with Crippen molar-refractivity contribution < 1.29 is 18.3 Å². The SMILES string of the molecule is O=C(CNc1ccccc1N1CCCCC1)Nc1ccccc1OC(F)F. The summed E-state index contributed by atoms with van der Waals surface area (Å²) >= 11 is 0. The van der Waals surface area contributed by atoms with Crippen LogP contribution in [0.3, 0.4) is 0 Å². The Bertz CT molecular complexity index is 764. The number of anilines is 3. The second kappa shape index (κ2) is 9.21. The first kappa shape index (κ1) is 18.9. The van der Waals surface area contributed by atoms with Crippen LogP contribution in [0, 0.1) is 0 Å². The van der Waals surface area contributed by atoms with E-state index in [1.165, 1.54) is 18.6 Å². The normalized spacial score (nSPS) is 14.1. The molecule has 0 unspecified atom stereocenters. The molecule has 0 bridgehead atoms. The van der Waals surface area contributed by atoms with Crippen molar-refractivity contribution >= 4 is 23.0 Å². The number of rotatable bonds is 7. The van der Waals surface area contributed by atoms with Gasteiger partial charge in [0.2, 0.25) is 5.91 Å². The number of halogens is 2. The van der Waals surface area contributed by atoms with E-state index < -0.39 is 6.61 Å². The van der Waals surface area contributed by atoms with Gasteiger partial charge in [0.05, 0.1) is 23.6 Å². The summed E-state index contributed by atoms with van der Waals surface area (Å²) in [5.41, 5.74) is 2.17. The molecule has 3 rings (SSSR count). The lowest BCUT2D eigenvalue weighted by molar-refractivity contribution is -0.114. The zero-order chi connectivity index (χ0) is 19.1. The number of ether oxygens (including phenoxy) is 1. The Labute approximate surface area is 157 Å². The smallest absolute Gasteiger partial charge is 0.387 e. The molecule has 5 nitrogen and oxygen atoms in total. The Morgan fingerprint density at radius 3 is 2.41 bits per heavy atom. The molecule has 1 aliphatic heterocycles. The quantitative estimate of drug-likeness (QED) is 0.756. The molecule has 0 saturated carbocycles. The number of hydrogen-bond donors (Lipinski definition) is 2. The Morgan fingerprint density at radius 2 is 1.67 bits per heavy atom. The van der Waals surface area contributed by atoms with Gasteiger partial charge in [-0.15, -0.1) is 0 Å². The van der Waals surface area contributed by atoms with Crippen molar-refractivity contribution in [2.45, 2.75) is 25.9 Å². The lowest BCUT2D eigenvalue weighted by Gasteiger charge is -2.30. The number of nitrogens with one attached hydrogen (secondary N) is 2. The van der Waals surface area contributed by atoms with Crippen LogP contribution >= 0.6 is 0 Å². The van der Waals surface area contributed by atoms with Gasteiger partial charge < -0.3 is 20.3 Å². The second-order valence-corrected chi connectivity index (χ2v) is 6.34. The maximum atomic E-state index is 12.5. The van der Waals surface area contributed by atoms with Crippen LogP contribution in [0.25, 0.3) is 0 Å². The van der Waals surface area contributed by atoms with Gasteiger partial charge in [0, 0.05) is 13.1 Å². The number of carbonyl (C=O) groups excluding carboxylic acids is 1. The topological polar surface area (TPSA) is 53.6 Å². The molecule has 2 aromatic carbocycles. The largest absolute Gasteiger partial charge is 0.433 e. The molecule has 2 N–H and O–H groups in total. The summed E-state index contributed by atoms with van der Waals surface area (Å²) in [6.45, 7) is -0.919. The number of nitrogens with zero attached hydrogens (tertiary/aromatic N) is 1. The number of hydrogen-bond acceptors (Lipinski definition) is 4. The minimum atomic E-state index is -2.95. The maximum Gasteiger partial charge on any atom is 0.387 e. The van der Waals surface area contributed by atoms with Crippen molar-refractivity contribution in [3.8, 4) is 5.75 Å². The molecule has 1 heterocycles. The second-order valence-electron chi connectivity index (χ2n) is 6.34. The number of carbonyl (C=O) groups is 1. The van der Waals surface area contributed by atoms with E-state index in [1.54, 1.807) is 12.1 Å². The molecule has 1 aliphatic rings. The van der Waals surface area contributed by atoms with Crippen LogP contribution in [-0.4, -0.2) is 32.2 Å². The molecule has 0 aromatic heterocycles. The average molecular weight is 375 g/mol. The van der Waals surface area contributed by atoms with Crippen LogP contribution in [-0.2, 0) is 4.79 Å². The molecule has 0 aliphatic carbocycles. The first-order valence-corrected chi connectivity index (χ1v) is 9.05. The van der Waals surface area contributed by atoms with Crippen LogP contribution < -0.4 is 20.3 Å². The maximum absolute atomic E-state index is 12.5. The monoisotopic (exact) mass is 375 g/mol. The fourth-order valence-corrected chi connectivity index (χ4v) is 3.17. The van der Waals surface area contributed by atoms with Gasteiger partial charge >= 0.3 is 6.61 Å². The van der Waals surface area contributed by atoms with E-state index in [4.69, 9.17) is 0 Å². The standard InChI is InChI=1S/C20H23F2N3O2/c21-20(22)27-18-11-5-3-9-16(18)24-19(26)14-23-15-8-2-4-10-17(15)25-12-6-1-7-13-25/h2-5,8-11,20,23H,1,6-7,12-14H2,(H,24,26). The molecule has 0 atom stereocenters. The van der Waals surface area contributed by atoms with Crippen molar-refractivity contribution in [3.05, 3.63) is 48.5 Å². The number of amides is 1. The predicted octanol–water partition coefficient (Wildman–Crippen LogP) is 4.33. The van der Waals surface area contributed by atoms with E-state index in [-0.39, 0.29) is 23.9 Å². The van der Waals surface area contributed by atoms with E-state index in [0.29, 0.717) is 0 Å². The van der Waals surface area contributed by atoms with Gasteiger partial charge in [0.1, 0.15) is 5.75 Å². The van der Waals surface area contributed by atoms with Crippen molar-refractivity contribution in [1.29, 1.82) is 0 Å². The van der Waals surface area contributed by atoms with E-state index in [1.807, 2.05) is 24.3 Å². The Morgan fingerprint density at radius 1 is 1.00 bits per heavy atom. The number of alkyl halides is 2. The van der Waals surface area contributed by atoms with Crippen LogP contribution in [0.4, 0.5) is 25.8 Å². The first-order valence-electron chi connectivity index (χ1n) is 9.05. The molecule has 0 spiro atoms. The van der Waals surface area contributed by atoms with Crippen LogP contribution in [0.5, 0.6) is 5.75 Å². The van der Waals surface area contributed by atoms with Crippen LogP contribution in [0.15, 0.2) is 48.5 Å². The summed E-state index contributed by atoms with van der Waals surface area (Å²) in [6, 6.07) is 14.0. The van der Waals surface area contributed by atoms with Crippen LogP contribution in [0.2, 0.25) is 0 Å². The van der Waals surface area contributed by atoms with Gasteiger partial charge in [0.15, 0.2) is 0 Å². The van der Waals surface area contributed by atoms with E-state index >= 15 is 0 Å². The third-order valence-electron chi connectivity index (χ3n) is 4.42. The Balaban J connectivity index is 1.62. The third kappa shape index (κ3) is 5.32. The van der Waals surface area contributed by atoms with Crippen molar-refractivity contribution in [1.82, 2.24) is 0 Å². The summed E-state index contributed by atoms with van der Waals surface area (Å²) in [5.74, 6) is -0.400. The molecule has 1 fully saturated rings. The highest BCUT2D eigenvalue weighted by atomic mass is 19.3. The molecule has 7 heteroatoms. The molecular formula is C20H23F2N3O2.